The van der Waals surface area contributed by atoms with Crippen molar-refractivity contribution >= 4 is 17.6 Å². The average molecular weight is 336 g/mol. The molecular weight excluding hydrogens is 312 g/mol. The Bertz CT molecular complexity index is 590. The molecule has 0 spiro atoms. The van der Waals surface area contributed by atoms with Gasteiger partial charge in [0.1, 0.15) is 11.4 Å². The van der Waals surface area contributed by atoms with E-state index in [0.717, 1.165) is 5.82 Å². The summed E-state index contributed by atoms with van der Waals surface area (Å²) in [6, 6.07) is 3.46. The summed E-state index contributed by atoms with van der Waals surface area (Å²) in [5.74, 6) is 0.211. The summed E-state index contributed by atoms with van der Waals surface area (Å²) in [4.78, 5) is 31.9. The quantitative estimate of drug-likeness (QED) is 0.769. The molecule has 1 aliphatic heterocycles. The molecular formula is C16H24N4O4. The zero-order valence-corrected chi connectivity index (χ0v) is 14.3. The second-order valence-electron chi connectivity index (χ2n) is 6.15. The van der Waals surface area contributed by atoms with E-state index in [1.807, 2.05) is 19.0 Å². The van der Waals surface area contributed by atoms with Crippen LogP contribution in [-0.2, 0) is 9.53 Å². The molecule has 0 unspecified atom stereocenters. The highest BCUT2D eigenvalue weighted by Gasteiger charge is 2.36. The van der Waals surface area contributed by atoms with E-state index in [1.165, 1.54) is 18.1 Å². The van der Waals surface area contributed by atoms with Crippen LogP contribution in [-0.4, -0.2) is 79.9 Å². The van der Waals surface area contributed by atoms with Crippen LogP contribution >= 0.6 is 0 Å². The topological polar surface area (TPSA) is 95.0 Å². The molecule has 0 radical (unpaired) electrons. The fourth-order valence-corrected chi connectivity index (χ4v) is 2.54. The zero-order chi connectivity index (χ0) is 17.7. The van der Waals surface area contributed by atoms with Gasteiger partial charge in [0.15, 0.2) is 0 Å². The Labute approximate surface area is 141 Å². The normalized spacial score (nSPS) is 21.1. The Morgan fingerprint density at radius 2 is 2.21 bits per heavy atom. The molecule has 1 atom stereocenters. The Kier molecular flexibility index (Phi) is 5.74. The highest BCUT2D eigenvalue weighted by molar-refractivity contribution is 5.94. The molecule has 0 bridgehead atoms. The fourth-order valence-electron chi connectivity index (χ4n) is 2.54. The van der Waals surface area contributed by atoms with Crippen molar-refractivity contribution in [1.82, 2.24) is 15.2 Å². The van der Waals surface area contributed by atoms with Crippen molar-refractivity contribution in [2.75, 3.05) is 52.3 Å². The minimum absolute atomic E-state index is 0.0159. The molecule has 2 heterocycles. The lowest BCUT2D eigenvalue weighted by molar-refractivity contribution is -0.128. The number of anilines is 1. The van der Waals surface area contributed by atoms with E-state index >= 15 is 0 Å². The largest absolute Gasteiger partial charge is 0.385 e. The van der Waals surface area contributed by atoms with Gasteiger partial charge in [0.05, 0.1) is 31.7 Å². The number of ether oxygens (including phenoxy) is 1. The maximum Gasteiger partial charge on any atom is 0.255 e. The number of β-amino-alcohol motifs (C(OH)–C–C–N with tert-alkyl or cyclic N) is 1. The first kappa shape index (κ1) is 18.2. The van der Waals surface area contributed by atoms with Gasteiger partial charge in [-0.2, -0.15) is 0 Å². The third-order valence-electron chi connectivity index (χ3n) is 3.87. The number of aromatic nitrogens is 1. The predicted molar refractivity (Wildman–Crippen MR) is 88.9 cm³/mol. The number of rotatable bonds is 4. The lowest BCUT2D eigenvalue weighted by Gasteiger charge is -2.30. The third-order valence-corrected chi connectivity index (χ3v) is 3.87. The molecule has 0 saturated carbocycles. The van der Waals surface area contributed by atoms with Gasteiger partial charge < -0.3 is 25.0 Å². The smallest absolute Gasteiger partial charge is 0.255 e. The number of amides is 2. The summed E-state index contributed by atoms with van der Waals surface area (Å²) >= 11 is 0. The van der Waals surface area contributed by atoms with E-state index in [0.29, 0.717) is 18.7 Å². The van der Waals surface area contributed by atoms with Crippen LogP contribution < -0.4 is 10.2 Å². The Hall–Kier alpha value is -2.19. The SMILES string of the molecule is CNC(=O)C[C@]1(O)COCCN(C(=O)c2ccc(N(C)C)nc2)C1. The Morgan fingerprint density at radius 1 is 1.46 bits per heavy atom. The van der Waals surface area contributed by atoms with Gasteiger partial charge in [0, 0.05) is 33.9 Å². The summed E-state index contributed by atoms with van der Waals surface area (Å²) < 4.78 is 5.38. The summed E-state index contributed by atoms with van der Waals surface area (Å²) in [7, 11) is 5.24. The number of carbonyl (C=O) groups excluding carboxylic acids is 2. The minimum Gasteiger partial charge on any atom is -0.385 e. The summed E-state index contributed by atoms with van der Waals surface area (Å²) in [6.45, 7) is 0.714. The molecule has 2 rings (SSSR count). The van der Waals surface area contributed by atoms with E-state index in [1.54, 1.807) is 12.1 Å². The van der Waals surface area contributed by atoms with Gasteiger partial charge in [0.2, 0.25) is 5.91 Å². The number of hydrogen-bond acceptors (Lipinski definition) is 6. The van der Waals surface area contributed by atoms with Gasteiger partial charge in [-0.3, -0.25) is 9.59 Å². The first-order chi connectivity index (χ1) is 11.3. The number of aliphatic hydroxyl groups is 1. The first-order valence-electron chi connectivity index (χ1n) is 7.78. The molecule has 132 valence electrons. The number of carbonyl (C=O) groups is 2. The minimum atomic E-state index is -1.40. The first-order valence-corrected chi connectivity index (χ1v) is 7.78. The summed E-state index contributed by atoms with van der Waals surface area (Å²) in [6.07, 6.45) is 1.40. The molecule has 2 amide bonds. The molecule has 24 heavy (non-hydrogen) atoms. The molecule has 1 fully saturated rings. The van der Waals surface area contributed by atoms with E-state index in [-0.39, 0.29) is 31.4 Å². The molecule has 1 aromatic rings. The van der Waals surface area contributed by atoms with Gasteiger partial charge in [-0.05, 0) is 12.1 Å². The van der Waals surface area contributed by atoms with Gasteiger partial charge in [-0.15, -0.1) is 0 Å². The highest BCUT2D eigenvalue weighted by atomic mass is 16.5. The van der Waals surface area contributed by atoms with E-state index in [9.17, 15) is 14.7 Å². The van der Waals surface area contributed by atoms with Crippen LogP contribution in [0.3, 0.4) is 0 Å². The average Bonchev–Trinajstić information content (AvgIpc) is 2.75. The van der Waals surface area contributed by atoms with Gasteiger partial charge in [0.25, 0.3) is 5.91 Å². The number of pyridine rings is 1. The van der Waals surface area contributed by atoms with Crippen molar-refractivity contribution in [2.24, 2.45) is 0 Å². The number of nitrogens with one attached hydrogen (secondary N) is 1. The standard InChI is InChI=1S/C16H24N4O4/c1-17-14(21)8-16(23)10-20(6-7-24-11-16)15(22)12-4-5-13(18-9-12)19(2)3/h4-5,9,23H,6-8,10-11H2,1-3H3,(H,17,21)/t16-/m1/s1. The third kappa shape index (κ3) is 4.42. The monoisotopic (exact) mass is 336 g/mol. The van der Waals surface area contributed by atoms with Crippen LogP contribution in [0.25, 0.3) is 0 Å². The lowest BCUT2D eigenvalue weighted by atomic mass is 9.99. The van der Waals surface area contributed by atoms with Gasteiger partial charge in [-0.25, -0.2) is 4.98 Å². The number of hydrogen-bond donors (Lipinski definition) is 2. The van der Waals surface area contributed by atoms with Crippen LogP contribution in [0.1, 0.15) is 16.8 Å². The molecule has 8 heteroatoms. The van der Waals surface area contributed by atoms with Crippen LogP contribution in [0.5, 0.6) is 0 Å². The predicted octanol–water partition coefficient (Wildman–Crippen LogP) is -0.513. The Balaban J connectivity index is 2.13. The number of nitrogens with zero attached hydrogens (tertiary/aromatic N) is 3. The maximum absolute atomic E-state index is 12.7. The lowest BCUT2D eigenvalue weighted by Crippen LogP contribution is -2.49. The van der Waals surface area contributed by atoms with Crippen LogP contribution in [0, 0.1) is 0 Å². The highest BCUT2D eigenvalue weighted by Crippen LogP contribution is 2.19. The van der Waals surface area contributed by atoms with Crippen molar-refractivity contribution < 1.29 is 19.4 Å². The van der Waals surface area contributed by atoms with Crippen LogP contribution in [0.4, 0.5) is 5.82 Å². The zero-order valence-electron chi connectivity index (χ0n) is 14.3. The maximum atomic E-state index is 12.7. The molecule has 1 aromatic heterocycles. The second kappa shape index (κ2) is 7.59. The van der Waals surface area contributed by atoms with Crippen molar-refractivity contribution in [1.29, 1.82) is 0 Å². The van der Waals surface area contributed by atoms with E-state index in [4.69, 9.17) is 4.74 Å². The van der Waals surface area contributed by atoms with Crippen LogP contribution in [0.15, 0.2) is 18.3 Å². The fraction of sp³-hybridized carbons (Fsp3) is 0.562. The van der Waals surface area contributed by atoms with Gasteiger partial charge in [-0.1, -0.05) is 0 Å². The molecule has 1 aliphatic rings. The summed E-state index contributed by atoms with van der Waals surface area (Å²) in [5, 5.41) is 13.1. The van der Waals surface area contributed by atoms with Crippen molar-refractivity contribution in [3.8, 4) is 0 Å². The molecule has 0 aromatic carbocycles. The van der Waals surface area contributed by atoms with Crippen molar-refractivity contribution in [3.05, 3.63) is 23.9 Å². The van der Waals surface area contributed by atoms with E-state index < -0.39 is 5.60 Å². The molecule has 8 nitrogen and oxygen atoms in total. The van der Waals surface area contributed by atoms with Gasteiger partial charge >= 0.3 is 0 Å². The van der Waals surface area contributed by atoms with Crippen molar-refractivity contribution in [3.63, 3.8) is 0 Å². The van der Waals surface area contributed by atoms with E-state index in [2.05, 4.69) is 10.3 Å². The van der Waals surface area contributed by atoms with Crippen LogP contribution in [0.2, 0.25) is 0 Å². The molecule has 0 aliphatic carbocycles. The Morgan fingerprint density at radius 3 is 2.79 bits per heavy atom. The van der Waals surface area contributed by atoms with Crippen molar-refractivity contribution in [2.45, 2.75) is 12.0 Å². The summed E-state index contributed by atoms with van der Waals surface area (Å²) in [5.41, 5.74) is -0.965. The molecule has 1 saturated heterocycles. The second-order valence-corrected chi connectivity index (χ2v) is 6.15. The molecule has 2 N–H and O–H groups in total.